The van der Waals surface area contributed by atoms with Crippen LogP contribution < -0.4 is 5.32 Å². The maximum atomic E-state index is 12.6. The third-order valence-corrected chi connectivity index (χ3v) is 3.35. The molecule has 0 unspecified atom stereocenters. The van der Waals surface area contributed by atoms with Crippen molar-refractivity contribution in [3.8, 4) is 0 Å². The van der Waals surface area contributed by atoms with Crippen molar-refractivity contribution in [2.45, 2.75) is 19.4 Å². The van der Waals surface area contributed by atoms with E-state index in [9.17, 15) is 17.6 Å². The van der Waals surface area contributed by atoms with Gasteiger partial charge >= 0.3 is 0 Å². The molecule has 0 saturated heterocycles. The lowest BCUT2D eigenvalue weighted by Gasteiger charge is -2.05. The molecule has 1 aromatic rings. The smallest absolute Gasteiger partial charge is 0.220 e. The summed E-state index contributed by atoms with van der Waals surface area (Å²) in [6.07, 6.45) is 1.63. The quantitative estimate of drug-likeness (QED) is 0.849. The van der Waals surface area contributed by atoms with E-state index in [4.69, 9.17) is 0 Å². The molecule has 0 fully saturated rings. The molecule has 0 atom stereocenters. The monoisotopic (exact) mass is 273 g/mol. The van der Waals surface area contributed by atoms with E-state index in [1.54, 1.807) is 12.1 Å². The maximum Gasteiger partial charge on any atom is 0.220 e. The zero-order chi connectivity index (χ0) is 13.6. The Morgan fingerprint density at radius 1 is 1.28 bits per heavy atom. The van der Waals surface area contributed by atoms with Gasteiger partial charge in [-0.3, -0.25) is 4.79 Å². The number of amides is 1. The number of halogens is 1. The molecule has 1 rings (SSSR count). The Morgan fingerprint density at radius 3 is 2.44 bits per heavy atom. The first-order valence-corrected chi connectivity index (χ1v) is 7.62. The summed E-state index contributed by atoms with van der Waals surface area (Å²) in [7, 11) is -3.01. The lowest BCUT2D eigenvalue weighted by Crippen LogP contribution is -2.23. The van der Waals surface area contributed by atoms with Crippen molar-refractivity contribution in [1.29, 1.82) is 0 Å². The fraction of sp³-hybridized carbons (Fsp3) is 0.417. The molecule has 1 N–H and O–H groups in total. The topological polar surface area (TPSA) is 63.2 Å². The first kappa shape index (κ1) is 14.6. The maximum absolute atomic E-state index is 12.6. The average Bonchev–Trinajstić information content (AvgIpc) is 2.26. The minimum Gasteiger partial charge on any atom is -0.352 e. The Labute approximate surface area is 106 Å². The highest BCUT2D eigenvalue weighted by Gasteiger charge is 2.05. The van der Waals surface area contributed by atoms with Gasteiger partial charge in [-0.2, -0.15) is 0 Å². The third-order valence-electron chi connectivity index (χ3n) is 2.32. The molecule has 0 aliphatic heterocycles. The van der Waals surface area contributed by atoms with Gasteiger partial charge in [0.05, 0.1) is 5.75 Å². The fourth-order valence-electron chi connectivity index (χ4n) is 1.39. The second kappa shape index (κ2) is 6.49. The number of sulfone groups is 1. The molecular formula is C12H16FNO3S. The fourth-order valence-corrected chi connectivity index (χ4v) is 2.05. The summed E-state index contributed by atoms with van der Waals surface area (Å²) >= 11 is 0. The molecule has 100 valence electrons. The minimum atomic E-state index is -3.01. The summed E-state index contributed by atoms with van der Waals surface area (Å²) in [5.74, 6) is -0.516. The molecule has 0 saturated carbocycles. The van der Waals surface area contributed by atoms with Crippen LogP contribution in [0, 0.1) is 5.82 Å². The first-order valence-electron chi connectivity index (χ1n) is 5.56. The van der Waals surface area contributed by atoms with Gasteiger partial charge in [-0.1, -0.05) is 12.1 Å². The normalized spacial score (nSPS) is 11.2. The molecule has 0 radical (unpaired) electrons. The summed E-state index contributed by atoms with van der Waals surface area (Å²) in [6, 6.07) is 5.83. The summed E-state index contributed by atoms with van der Waals surface area (Å²) in [5.41, 5.74) is 0.799. The van der Waals surface area contributed by atoms with E-state index < -0.39 is 9.84 Å². The van der Waals surface area contributed by atoms with Crippen LogP contribution >= 0.6 is 0 Å². The highest BCUT2D eigenvalue weighted by Crippen LogP contribution is 2.02. The van der Waals surface area contributed by atoms with Crippen molar-refractivity contribution in [2.24, 2.45) is 0 Å². The number of rotatable bonds is 6. The molecule has 1 amide bonds. The first-order chi connectivity index (χ1) is 8.37. The van der Waals surface area contributed by atoms with Crippen molar-refractivity contribution < 1.29 is 17.6 Å². The molecule has 1 aromatic carbocycles. The van der Waals surface area contributed by atoms with Crippen molar-refractivity contribution in [3.63, 3.8) is 0 Å². The Kier molecular flexibility index (Phi) is 5.27. The molecule has 0 aliphatic carbocycles. The van der Waals surface area contributed by atoms with Crippen LogP contribution in [0.3, 0.4) is 0 Å². The van der Waals surface area contributed by atoms with Crippen LogP contribution in [0.1, 0.15) is 18.4 Å². The van der Waals surface area contributed by atoms with Gasteiger partial charge in [0.1, 0.15) is 15.7 Å². The predicted molar refractivity (Wildman–Crippen MR) is 67.2 cm³/mol. The molecule has 0 aromatic heterocycles. The third kappa shape index (κ3) is 6.34. The summed E-state index contributed by atoms with van der Waals surface area (Å²) < 4.78 is 34.3. The van der Waals surface area contributed by atoms with Gasteiger partial charge in [-0.15, -0.1) is 0 Å². The predicted octanol–water partition coefficient (Wildman–Crippen LogP) is 1.27. The van der Waals surface area contributed by atoms with Crippen molar-refractivity contribution in [1.82, 2.24) is 5.32 Å². The molecule has 0 aliphatic rings. The van der Waals surface area contributed by atoms with E-state index in [1.165, 1.54) is 12.1 Å². The second-order valence-electron chi connectivity index (χ2n) is 4.14. The summed E-state index contributed by atoms with van der Waals surface area (Å²) in [4.78, 5) is 11.4. The van der Waals surface area contributed by atoms with Crippen molar-refractivity contribution in [3.05, 3.63) is 35.6 Å². The highest BCUT2D eigenvalue weighted by atomic mass is 32.2. The SMILES string of the molecule is CS(=O)(=O)CCCC(=O)NCc1ccc(F)cc1. The zero-order valence-corrected chi connectivity index (χ0v) is 11.0. The van der Waals surface area contributed by atoms with Crippen LogP contribution in [-0.4, -0.2) is 26.3 Å². The zero-order valence-electron chi connectivity index (χ0n) is 10.1. The Morgan fingerprint density at radius 2 is 1.89 bits per heavy atom. The lowest BCUT2D eigenvalue weighted by atomic mass is 10.2. The van der Waals surface area contributed by atoms with Crippen LogP contribution in [0.5, 0.6) is 0 Å². The van der Waals surface area contributed by atoms with Gasteiger partial charge in [0.25, 0.3) is 0 Å². The van der Waals surface area contributed by atoms with Crippen LogP contribution in [0.15, 0.2) is 24.3 Å². The second-order valence-corrected chi connectivity index (χ2v) is 6.40. The number of carbonyl (C=O) groups is 1. The molecule has 0 spiro atoms. The largest absolute Gasteiger partial charge is 0.352 e. The lowest BCUT2D eigenvalue weighted by molar-refractivity contribution is -0.121. The van der Waals surface area contributed by atoms with Gasteiger partial charge in [0.15, 0.2) is 0 Å². The highest BCUT2D eigenvalue weighted by molar-refractivity contribution is 7.90. The molecular weight excluding hydrogens is 257 g/mol. The van der Waals surface area contributed by atoms with Crippen molar-refractivity contribution >= 4 is 15.7 Å². The Hall–Kier alpha value is -1.43. The molecule has 0 heterocycles. The van der Waals surface area contributed by atoms with Gasteiger partial charge in [0.2, 0.25) is 5.91 Å². The van der Waals surface area contributed by atoms with E-state index in [2.05, 4.69) is 5.32 Å². The van der Waals surface area contributed by atoms with Gasteiger partial charge in [-0.25, -0.2) is 12.8 Å². The number of hydrogen-bond donors (Lipinski definition) is 1. The van der Waals surface area contributed by atoms with Gasteiger partial charge in [-0.05, 0) is 24.1 Å². The average molecular weight is 273 g/mol. The van der Waals surface area contributed by atoms with Crippen molar-refractivity contribution in [2.75, 3.05) is 12.0 Å². The number of benzene rings is 1. The summed E-state index contributed by atoms with van der Waals surface area (Å²) in [5, 5.41) is 2.65. The van der Waals surface area contributed by atoms with Crippen LogP contribution in [0.4, 0.5) is 4.39 Å². The van der Waals surface area contributed by atoms with E-state index >= 15 is 0 Å². The molecule has 6 heteroatoms. The van der Waals surface area contributed by atoms with Crippen LogP contribution in [-0.2, 0) is 21.2 Å². The van der Waals surface area contributed by atoms with E-state index in [0.717, 1.165) is 11.8 Å². The minimum absolute atomic E-state index is 0.0109. The molecule has 4 nitrogen and oxygen atoms in total. The van der Waals surface area contributed by atoms with Crippen LogP contribution in [0.2, 0.25) is 0 Å². The van der Waals surface area contributed by atoms with Crippen LogP contribution in [0.25, 0.3) is 0 Å². The van der Waals surface area contributed by atoms with Gasteiger partial charge < -0.3 is 5.32 Å². The summed E-state index contributed by atoms with van der Waals surface area (Å²) in [6.45, 7) is 0.317. The molecule has 18 heavy (non-hydrogen) atoms. The standard InChI is InChI=1S/C12H16FNO3S/c1-18(16,17)8-2-3-12(15)14-9-10-4-6-11(13)7-5-10/h4-7H,2-3,8-9H2,1H3,(H,14,15). The number of carbonyl (C=O) groups excluding carboxylic acids is 1. The van der Waals surface area contributed by atoms with E-state index in [0.29, 0.717) is 13.0 Å². The van der Waals surface area contributed by atoms with E-state index in [1.807, 2.05) is 0 Å². The molecule has 0 bridgehead atoms. The Balaban J connectivity index is 2.27. The van der Waals surface area contributed by atoms with Gasteiger partial charge in [0, 0.05) is 19.2 Å². The number of nitrogens with one attached hydrogen (secondary N) is 1. The Bertz CT molecular complexity index is 497. The number of hydrogen-bond acceptors (Lipinski definition) is 3. The van der Waals surface area contributed by atoms with E-state index in [-0.39, 0.29) is 23.9 Å².